The fourth-order valence-corrected chi connectivity index (χ4v) is 3.06. The van der Waals surface area contributed by atoms with Crippen molar-refractivity contribution in [3.8, 4) is 0 Å². The number of carboxylic acids is 1. The Morgan fingerprint density at radius 3 is 2.18 bits per heavy atom. The number of nitrogens with two attached hydrogens (primary N) is 3. The number of hydrogen-bond donors (Lipinski definition) is 7. The highest BCUT2D eigenvalue weighted by molar-refractivity contribution is 5.92. The number of aliphatic carboxylic acids is 1. The number of carboxylic acid groups (broad SMARTS) is 1. The summed E-state index contributed by atoms with van der Waals surface area (Å²) in [6.45, 7) is 0.0822. The summed E-state index contributed by atoms with van der Waals surface area (Å²) in [5.41, 5.74) is 17.0. The molecule has 0 aliphatic heterocycles. The Bertz CT molecular complexity index is 834. The van der Waals surface area contributed by atoms with Crippen molar-refractivity contribution in [2.45, 2.75) is 56.7 Å². The molecular weight excluding hydrogens is 444 g/mol. The quantitative estimate of drug-likeness (QED) is 0.133. The van der Waals surface area contributed by atoms with Gasteiger partial charge in [0.25, 0.3) is 0 Å². The predicted molar refractivity (Wildman–Crippen MR) is 124 cm³/mol. The average Bonchev–Trinajstić information content (AvgIpc) is 2.80. The SMILES string of the molecule is NCCCCC(N)C(=O)NCC(=O)NC(Cc1ccccc1)C(=O)NC(CCC(N)=O)C(=O)O. The van der Waals surface area contributed by atoms with E-state index in [4.69, 9.17) is 17.2 Å². The molecule has 0 radical (unpaired) electrons. The molecule has 1 aromatic carbocycles. The monoisotopic (exact) mass is 478 g/mol. The number of primary amides is 1. The molecule has 3 atom stereocenters. The van der Waals surface area contributed by atoms with Gasteiger partial charge in [-0.05, 0) is 31.4 Å². The van der Waals surface area contributed by atoms with Gasteiger partial charge in [-0.3, -0.25) is 19.2 Å². The van der Waals surface area contributed by atoms with Crippen molar-refractivity contribution in [1.82, 2.24) is 16.0 Å². The lowest BCUT2D eigenvalue weighted by Gasteiger charge is -2.22. The van der Waals surface area contributed by atoms with Crippen LogP contribution in [-0.4, -0.2) is 65.9 Å². The van der Waals surface area contributed by atoms with Gasteiger partial charge in [0.1, 0.15) is 12.1 Å². The maximum absolute atomic E-state index is 12.8. The summed E-state index contributed by atoms with van der Waals surface area (Å²) in [6, 6.07) is 5.52. The molecule has 10 N–H and O–H groups in total. The van der Waals surface area contributed by atoms with E-state index >= 15 is 0 Å². The molecule has 0 spiro atoms. The van der Waals surface area contributed by atoms with Gasteiger partial charge in [-0.2, -0.15) is 0 Å². The molecule has 3 unspecified atom stereocenters. The Labute approximate surface area is 198 Å². The molecule has 12 heteroatoms. The maximum Gasteiger partial charge on any atom is 0.326 e. The van der Waals surface area contributed by atoms with Gasteiger partial charge in [0.2, 0.25) is 23.6 Å². The predicted octanol–water partition coefficient (Wildman–Crippen LogP) is -1.88. The van der Waals surface area contributed by atoms with Gasteiger partial charge in [0.15, 0.2) is 0 Å². The van der Waals surface area contributed by atoms with Crippen molar-refractivity contribution < 1.29 is 29.1 Å². The van der Waals surface area contributed by atoms with Crippen molar-refractivity contribution in [1.29, 1.82) is 0 Å². The Kier molecular flexibility index (Phi) is 12.9. The van der Waals surface area contributed by atoms with Crippen LogP contribution in [0.5, 0.6) is 0 Å². The highest BCUT2D eigenvalue weighted by Gasteiger charge is 2.27. The molecule has 0 heterocycles. The number of nitrogens with one attached hydrogen (secondary N) is 3. The molecule has 0 saturated carbocycles. The molecule has 0 aliphatic carbocycles. The third-order valence-corrected chi connectivity index (χ3v) is 4.96. The second-order valence-electron chi connectivity index (χ2n) is 7.82. The van der Waals surface area contributed by atoms with E-state index in [1.54, 1.807) is 30.3 Å². The highest BCUT2D eigenvalue weighted by atomic mass is 16.4. The minimum atomic E-state index is -1.36. The lowest BCUT2D eigenvalue weighted by atomic mass is 10.0. The first-order chi connectivity index (χ1) is 16.1. The van der Waals surface area contributed by atoms with Gasteiger partial charge in [0, 0.05) is 12.8 Å². The Morgan fingerprint density at radius 2 is 1.59 bits per heavy atom. The Balaban J connectivity index is 2.78. The van der Waals surface area contributed by atoms with Crippen LogP contribution >= 0.6 is 0 Å². The summed E-state index contributed by atoms with van der Waals surface area (Å²) in [6.07, 6.45) is 1.48. The average molecular weight is 479 g/mol. The summed E-state index contributed by atoms with van der Waals surface area (Å²) in [4.78, 5) is 59.8. The number of unbranched alkanes of at least 4 members (excludes halogenated alkanes) is 1. The van der Waals surface area contributed by atoms with Crippen molar-refractivity contribution >= 4 is 29.6 Å². The van der Waals surface area contributed by atoms with Crippen LogP contribution in [0.1, 0.15) is 37.7 Å². The van der Waals surface area contributed by atoms with E-state index in [9.17, 15) is 29.1 Å². The first kappa shape index (κ1) is 28.5. The van der Waals surface area contributed by atoms with Gasteiger partial charge < -0.3 is 38.3 Å². The van der Waals surface area contributed by atoms with E-state index < -0.39 is 54.3 Å². The summed E-state index contributed by atoms with van der Waals surface area (Å²) in [5.74, 6) is -3.95. The van der Waals surface area contributed by atoms with E-state index in [2.05, 4.69) is 16.0 Å². The first-order valence-corrected chi connectivity index (χ1v) is 11.0. The van der Waals surface area contributed by atoms with Crippen LogP contribution in [0, 0.1) is 0 Å². The molecular formula is C22H34N6O6. The second-order valence-corrected chi connectivity index (χ2v) is 7.82. The van der Waals surface area contributed by atoms with Crippen LogP contribution in [0.2, 0.25) is 0 Å². The molecule has 1 rings (SSSR count). The fraction of sp³-hybridized carbons (Fsp3) is 0.500. The van der Waals surface area contributed by atoms with Gasteiger partial charge in [-0.1, -0.05) is 36.8 Å². The molecule has 188 valence electrons. The molecule has 0 aliphatic rings. The highest BCUT2D eigenvalue weighted by Crippen LogP contribution is 2.06. The van der Waals surface area contributed by atoms with E-state index in [0.717, 1.165) is 12.0 Å². The van der Waals surface area contributed by atoms with E-state index in [1.165, 1.54) is 0 Å². The van der Waals surface area contributed by atoms with Crippen molar-refractivity contribution in [3.05, 3.63) is 35.9 Å². The van der Waals surface area contributed by atoms with Gasteiger partial charge in [-0.15, -0.1) is 0 Å². The van der Waals surface area contributed by atoms with Crippen LogP contribution in [0.4, 0.5) is 0 Å². The molecule has 0 saturated heterocycles. The number of hydrogen-bond acceptors (Lipinski definition) is 7. The van der Waals surface area contributed by atoms with Gasteiger partial charge in [-0.25, -0.2) is 4.79 Å². The second kappa shape index (κ2) is 15.3. The van der Waals surface area contributed by atoms with Gasteiger partial charge >= 0.3 is 5.97 Å². The van der Waals surface area contributed by atoms with Crippen molar-refractivity contribution in [3.63, 3.8) is 0 Å². The van der Waals surface area contributed by atoms with Crippen LogP contribution in [0.25, 0.3) is 0 Å². The standard InChI is InChI=1S/C22H34N6O6/c23-11-5-4-8-15(24)20(31)26-13-19(30)27-17(12-14-6-2-1-3-7-14)21(32)28-16(22(33)34)9-10-18(25)29/h1-3,6-7,15-17H,4-5,8-13,23-24H2,(H2,25,29)(H,26,31)(H,27,30)(H,28,32)(H,33,34). The summed E-state index contributed by atoms with van der Waals surface area (Å²) in [7, 11) is 0. The summed E-state index contributed by atoms with van der Waals surface area (Å²) >= 11 is 0. The number of rotatable bonds is 16. The van der Waals surface area contributed by atoms with Gasteiger partial charge in [0.05, 0.1) is 12.6 Å². The normalized spacial score (nSPS) is 13.2. The lowest BCUT2D eigenvalue weighted by Crippen LogP contribution is -2.54. The topological polar surface area (TPSA) is 220 Å². The van der Waals surface area contributed by atoms with Crippen molar-refractivity contribution in [2.24, 2.45) is 17.2 Å². The molecule has 0 aromatic heterocycles. The first-order valence-electron chi connectivity index (χ1n) is 11.0. The van der Waals surface area contributed by atoms with Crippen LogP contribution in [-0.2, 0) is 30.4 Å². The molecule has 34 heavy (non-hydrogen) atoms. The molecule has 4 amide bonds. The minimum Gasteiger partial charge on any atom is -0.480 e. The van der Waals surface area contributed by atoms with E-state index in [0.29, 0.717) is 19.4 Å². The number of carbonyl (C=O) groups excluding carboxylic acids is 4. The molecule has 1 aromatic rings. The smallest absolute Gasteiger partial charge is 0.326 e. The van der Waals surface area contributed by atoms with E-state index in [1.807, 2.05) is 0 Å². The maximum atomic E-state index is 12.8. The lowest BCUT2D eigenvalue weighted by molar-refractivity contribution is -0.142. The number of amides is 4. The van der Waals surface area contributed by atoms with E-state index in [-0.39, 0.29) is 19.3 Å². The molecule has 0 fully saturated rings. The minimum absolute atomic E-state index is 0.0765. The zero-order valence-electron chi connectivity index (χ0n) is 19.0. The number of carbonyl (C=O) groups is 5. The largest absolute Gasteiger partial charge is 0.480 e. The van der Waals surface area contributed by atoms with Crippen LogP contribution in [0.15, 0.2) is 30.3 Å². The van der Waals surface area contributed by atoms with Crippen LogP contribution in [0.3, 0.4) is 0 Å². The molecule has 0 bridgehead atoms. The summed E-state index contributed by atoms with van der Waals surface area (Å²) in [5, 5.41) is 16.6. The van der Waals surface area contributed by atoms with Crippen LogP contribution < -0.4 is 33.2 Å². The Hall–Kier alpha value is -3.51. The third-order valence-electron chi connectivity index (χ3n) is 4.96. The third kappa shape index (κ3) is 11.4. The zero-order valence-corrected chi connectivity index (χ0v) is 19.0. The molecule has 12 nitrogen and oxygen atoms in total. The summed E-state index contributed by atoms with van der Waals surface area (Å²) < 4.78 is 0. The Morgan fingerprint density at radius 1 is 0.912 bits per heavy atom. The van der Waals surface area contributed by atoms with Crippen molar-refractivity contribution in [2.75, 3.05) is 13.1 Å². The number of benzene rings is 1. The zero-order chi connectivity index (χ0) is 25.5. The fourth-order valence-electron chi connectivity index (χ4n) is 3.06.